The van der Waals surface area contributed by atoms with Crippen LogP contribution in [-0.2, 0) is 10.0 Å². The SMILES string of the molecule is CC(C)c1cccc(NS(=O)(=O)c2cccc(C#N)c2)c1. The van der Waals surface area contributed by atoms with Crippen molar-refractivity contribution in [3.05, 3.63) is 59.7 Å². The van der Waals surface area contributed by atoms with E-state index in [1.165, 1.54) is 12.1 Å². The summed E-state index contributed by atoms with van der Waals surface area (Å²) in [6.07, 6.45) is 0. The summed E-state index contributed by atoms with van der Waals surface area (Å²) in [5, 5.41) is 8.85. The number of hydrogen-bond donors (Lipinski definition) is 1. The van der Waals surface area contributed by atoms with Crippen LogP contribution in [0.25, 0.3) is 0 Å². The molecule has 0 amide bonds. The maximum atomic E-state index is 12.3. The molecule has 0 fully saturated rings. The maximum absolute atomic E-state index is 12.3. The number of rotatable bonds is 4. The zero-order valence-corrected chi connectivity index (χ0v) is 12.7. The fourth-order valence-corrected chi connectivity index (χ4v) is 3.00. The van der Waals surface area contributed by atoms with Gasteiger partial charge in [-0.3, -0.25) is 4.72 Å². The predicted molar refractivity (Wildman–Crippen MR) is 82.5 cm³/mol. The van der Waals surface area contributed by atoms with Crippen molar-refractivity contribution in [2.45, 2.75) is 24.7 Å². The first-order valence-corrected chi connectivity index (χ1v) is 8.03. The van der Waals surface area contributed by atoms with Gasteiger partial charge < -0.3 is 0 Å². The van der Waals surface area contributed by atoms with Gasteiger partial charge in [0.2, 0.25) is 0 Å². The monoisotopic (exact) mass is 300 g/mol. The minimum atomic E-state index is -3.69. The summed E-state index contributed by atoms with van der Waals surface area (Å²) >= 11 is 0. The summed E-state index contributed by atoms with van der Waals surface area (Å²) in [4.78, 5) is 0.0801. The molecule has 0 bridgehead atoms. The zero-order chi connectivity index (χ0) is 15.5. The van der Waals surface area contributed by atoms with E-state index in [9.17, 15) is 8.42 Å². The van der Waals surface area contributed by atoms with Gasteiger partial charge in [0.15, 0.2) is 0 Å². The highest BCUT2D eigenvalue weighted by atomic mass is 32.2. The first kappa shape index (κ1) is 15.1. The molecule has 0 saturated heterocycles. The number of benzene rings is 2. The molecule has 0 heterocycles. The Morgan fingerprint density at radius 3 is 2.48 bits per heavy atom. The lowest BCUT2D eigenvalue weighted by Crippen LogP contribution is -2.13. The Morgan fingerprint density at radius 1 is 1.10 bits per heavy atom. The highest BCUT2D eigenvalue weighted by Crippen LogP contribution is 2.21. The van der Waals surface area contributed by atoms with E-state index < -0.39 is 10.0 Å². The van der Waals surface area contributed by atoms with Crippen molar-refractivity contribution >= 4 is 15.7 Å². The zero-order valence-electron chi connectivity index (χ0n) is 11.9. The van der Waals surface area contributed by atoms with Gasteiger partial charge in [-0.05, 0) is 41.8 Å². The molecule has 0 aromatic heterocycles. The highest BCUT2D eigenvalue weighted by molar-refractivity contribution is 7.92. The van der Waals surface area contributed by atoms with Crippen LogP contribution in [0.15, 0.2) is 53.4 Å². The third-order valence-electron chi connectivity index (χ3n) is 3.08. The molecule has 0 aliphatic heterocycles. The Hall–Kier alpha value is -2.32. The van der Waals surface area contributed by atoms with Crippen LogP contribution in [0.1, 0.15) is 30.9 Å². The fraction of sp³-hybridized carbons (Fsp3) is 0.188. The number of anilines is 1. The van der Waals surface area contributed by atoms with Crippen molar-refractivity contribution in [2.75, 3.05) is 4.72 Å². The van der Waals surface area contributed by atoms with E-state index in [-0.39, 0.29) is 4.90 Å². The average molecular weight is 300 g/mol. The third kappa shape index (κ3) is 3.61. The van der Waals surface area contributed by atoms with Crippen LogP contribution in [0, 0.1) is 11.3 Å². The molecule has 0 saturated carbocycles. The van der Waals surface area contributed by atoms with Gasteiger partial charge >= 0.3 is 0 Å². The first-order chi connectivity index (χ1) is 9.92. The molecule has 2 aromatic rings. The van der Waals surface area contributed by atoms with Crippen molar-refractivity contribution in [1.82, 2.24) is 0 Å². The van der Waals surface area contributed by atoms with E-state index in [0.29, 0.717) is 17.2 Å². The molecule has 1 N–H and O–H groups in total. The normalized spacial score (nSPS) is 11.1. The third-order valence-corrected chi connectivity index (χ3v) is 4.46. The Bertz CT molecular complexity index is 790. The predicted octanol–water partition coefficient (Wildman–Crippen LogP) is 3.48. The van der Waals surface area contributed by atoms with Gasteiger partial charge in [0, 0.05) is 5.69 Å². The number of nitrogens with one attached hydrogen (secondary N) is 1. The van der Waals surface area contributed by atoms with E-state index in [1.807, 2.05) is 38.1 Å². The van der Waals surface area contributed by atoms with Gasteiger partial charge in [-0.2, -0.15) is 5.26 Å². The molecule has 5 heteroatoms. The Balaban J connectivity index is 2.33. The summed E-state index contributed by atoms with van der Waals surface area (Å²) in [5.41, 5.74) is 1.89. The molecule has 4 nitrogen and oxygen atoms in total. The largest absolute Gasteiger partial charge is 0.280 e. The van der Waals surface area contributed by atoms with E-state index in [0.717, 1.165) is 5.56 Å². The lowest BCUT2D eigenvalue weighted by Gasteiger charge is -2.11. The van der Waals surface area contributed by atoms with E-state index in [2.05, 4.69) is 4.72 Å². The fourth-order valence-electron chi connectivity index (χ4n) is 1.91. The van der Waals surface area contributed by atoms with Gasteiger partial charge in [0.25, 0.3) is 10.0 Å². The molecular weight excluding hydrogens is 284 g/mol. The van der Waals surface area contributed by atoms with Crippen LogP contribution in [0.4, 0.5) is 5.69 Å². The molecule has 0 spiro atoms. The molecular formula is C16H16N2O2S. The second-order valence-electron chi connectivity index (χ2n) is 5.03. The van der Waals surface area contributed by atoms with Crippen LogP contribution in [0.2, 0.25) is 0 Å². The number of nitriles is 1. The summed E-state index contributed by atoms with van der Waals surface area (Å²) in [5.74, 6) is 0.316. The molecule has 21 heavy (non-hydrogen) atoms. The van der Waals surface area contributed by atoms with Crippen molar-refractivity contribution in [3.63, 3.8) is 0 Å². The maximum Gasteiger partial charge on any atom is 0.261 e. The molecule has 2 rings (SSSR count). The molecule has 0 aliphatic carbocycles. The van der Waals surface area contributed by atoms with Gasteiger partial charge in [0.1, 0.15) is 0 Å². The summed E-state index contributed by atoms with van der Waals surface area (Å²) in [7, 11) is -3.69. The molecule has 2 aromatic carbocycles. The summed E-state index contributed by atoms with van der Waals surface area (Å²) < 4.78 is 27.2. The van der Waals surface area contributed by atoms with Crippen molar-refractivity contribution in [1.29, 1.82) is 5.26 Å². The second kappa shape index (κ2) is 5.98. The number of hydrogen-bond acceptors (Lipinski definition) is 3. The number of nitrogens with zero attached hydrogens (tertiary/aromatic N) is 1. The molecule has 0 atom stereocenters. The minimum Gasteiger partial charge on any atom is -0.280 e. The lowest BCUT2D eigenvalue weighted by atomic mass is 10.0. The highest BCUT2D eigenvalue weighted by Gasteiger charge is 2.15. The van der Waals surface area contributed by atoms with Crippen LogP contribution < -0.4 is 4.72 Å². The molecule has 0 unspecified atom stereocenters. The standard InChI is InChI=1S/C16H16N2O2S/c1-12(2)14-6-4-7-15(10-14)18-21(19,20)16-8-3-5-13(9-16)11-17/h3-10,12,18H,1-2H3. The second-order valence-corrected chi connectivity index (χ2v) is 6.71. The van der Waals surface area contributed by atoms with Crippen LogP contribution in [0.3, 0.4) is 0 Å². The lowest BCUT2D eigenvalue weighted by molar-refractivity contribution is 0.601. The van der Waals surface area contributed by atoms with Crippen LogP contribution in [-0.4, -0.2) is 8.42 Å². The van der Waals surface area contributed by atoms with Crippen molar-refractivity contribution in [2.24, 2.45) is 0 Å². The van der Waals surface area contributed by atoms with Gasteiger partial charge in [-0.1, -0.05) is 32.0 Å². The number of sulfonamides is 1. The topological polar surface area (TPSA) is 70.0 Å². The molecule has 0 radical (unpaired) electrons. The quantitative estimate of drug-likeness (QED) is 0.939. The van der Waals surface area contributed by atoms with Crippen molar-refractivity contribution in [3.8, 4) is 6.07 Å². The Labute approximate surface area is 125 Å². The first-order valence-electron chi connectivity index (χ1n) is 6.55. The van der Waals surface area contributed by atoms with Gasteiger partial charge in [-0.15, -0.1) is 0 Å². The average Bonchev–Trinajstić information content (AvgIpc) is 2.47. The molecule has 108 valence electrons. The van der Waals surface area contributed by atoms with Gasteiger partial charge in [0.05, 0.1) is 16.5 Å². The summed E-state index contributed by atoms with van der Waals surface area (Å²) in [6, 6.07) is 15.2. The van der Waals surface area contributed by atoms with Crippen LogP contribution in [0.5, 0.6) is 0 Å². The van der Waals surface area contributed by atoms with E-state index >= 15 is 0 Å². The summed E-state index contributed by atoms with van der Waals surface area (Å²) in [6.45, 7) is 4.09. The van der Waals surface area contributed by atoms with Crippen molar-refractivity contribution < 1.29 is 8.42 Å². The molecule has 0 aliphatic rings. The van der Waals surface area contributed by atoms with Gasteiger partial charge in [-0.25, -0.2) is 8.42 Å². The van der Waals surface area contributed by atoms with E-state index in [1.54, 1.807) is 18.2 Å². The Morgan fingerprint density at radius 2 is 1.81 bits per heavy atom. The van der Waals surface area contributed by atoms with Crippen LogP contribution >= 0.6 is 0 Å². The van der Waals surface area contributed by atoms with E-state index in [4.69, 9.17) is 5.26 Å². The minimum absolute atomic E-state index is 0.0801. The Kier molecular flexibility index (Phi) is 4.29. The smallest absolute Gasteiger partial charge is 0.261 e.